The van der Waals surface area contributed by atoms with Gasteiger partial charge in [0.2, 0.25) is 5.91 Å². The van der Waals surface area contributed by atoms with Crippen LogP contribution in [0, 0.1) is 0 Å². The molecule has 0 radical (unpaired) electrons. The van der Waals surface area contributed by atoms with Crippen molar-refractivity contribution in [2.45, 2.75) is 68.9 Å². The molecule has 3 rings (SSSR count). The highest BCUT2D eigenvalue weighted by Crippen LogP contribution is 2.35. The van der Waals surface area contributed by atoms with Crippen LogP contribution in [0.5, 0.6) is 0 Å². The maximum atomic E-state index is 12.6. The standard InChI is InChI=1S/C17H31N3OS.2ClH/c18-17(8-4-5-9-17)15(21)19-14-16(6-2-1-3-7-16)20-10-12-22-13-11-20;;/h1-14,18H2,(H,19,21);2*1H. The first-order valence-corrected chi connectivity index (χ1v) is 10.2. The summed E-state index contributed by atoms with van der Waals surface area (Å²) >= 11 is 2.06. The summed E-state index contributed by atoms with van der Waals surface area (Å²) in [6.45, 7) is 3.15. The van der Waals surface area contributed by atoms with E-state index >= 15 is 0 Å². The van der Waals surface area contributed by atoms with Crippen LogP contribution >= 0.6 is 36.6 Å². The van der Waals surface area contributed by atoms with E-state index in [2.05, 4.69) is 22.0 Å². The van der Waals surface area contributed by atoms with Crippen LogP contribution in [0.3, 0.4) is 0 Å². The lowest BCUT2D eigenvalue weighted by atomic mass is 9.79. The molecule has 0 spiro atoms. The summed E-state index contributed by atoms with van der Waals surface area (Å²) in [7, 11) is 0. The largest absolute Gasteiger partial charge is 0.353 e. The zero-order valence-electron chi connectivity index (χ0n) is 14.6. The van der Waals surface area contributed by atoms with E-state index < -0.39 is 5.54 Å². The van der Waals surface area contributed by atoms with Crippen LogP contribution in [0.4, 0.5) is 0 Å². The molecule has 1 aliphatic heterocycles. The normalized spacial score (nSPS) is 26.0. The lowest BCUT2D eigenvalue weighted by Crippen LogP contribution is -2.61. The predicted molar refractivity (Wildman–Crippen MR) is 108 cm³/mol. The molecule has 142 valence electrons. The molecule has 2 aliphatic carbocycles. The number of nitrogens with zero attached hydrogens (tertiary/aromatic N) is 1. The summed E-state index contributed by atoms with van der Waals surface area (Å²) in [5.41, 5.74) is 5.92. The first-order chi connectivity index (χ1) is 10.6. The van der Waals surface area contributed by atoms with Gasteiger partial charge in [-0.05, 0) is 25.7 Å². The van der Waals surface area contributed by atoms with Crippen LogP contribution < -0.4 is 11.1 Å². The second-order valence-electron chi connectivity index (χ2n) is 7.43. The number of carbonyl (C=O) groups excluding carboxylic acids is 1. The Morgan fingerprint density at radius 3 is 2.08 bits per heavy atom. The topological polar surface area (TPSA) is 58.4 Å². The van der Waals surface area contributed by atoms with E-state index in [-0.39, 0.29) is 36.3 Å². The van der Waals surface area contributed by atoms with Crippen LogP contribution in [-0.2, 0) is 4.79 Å². The Morgan fingerprint density at radius 2 is 1.50 bits per heavy atom. The zero-order valence-corrected chi connectivity index (χ0v) is 17.0. The van der Waals surface area contributed by atoms with Crippen molar-refractivity contribution in [3.63, 3.8) is 0 Å². The summed E-state index contributed by atoms with van der Waals surface area (Å²) in [4.78, 5) is 15.2. The summed E-state index contributed by atoms with van der Waals surface area (Å²) < 4.78 is 0. The van der Waals surface area contributed by atoms with E-state index in [9.17, 15) is 4.79 Å². The molecule has 3 N–H and O–H groups in total. The van der Waals surface area contributed by atoms with E-state index in [1.165, 1.54) is 56.7 Å². The van der Waals surface area contributed by atoms with Crippen molar-refractivity contribution < 1.29 is 4.79 Å². The summed E-state index contributed by atoms with van der Waals surface area (Å²) in [6.07, 6.45) is 10.3. The Balaban J connectivity index is 0.00000144. The third-order valence-corrected chi connectivity index (χ3v) is 6.93. The van der Waals surface area contributed by atoms with Crippen molar-refractivity contribution in [1.82, 2.24) is 10.2 Å². The van der Waals surface area contributed by atoms with Crippen LogP contribution in [0.15, 0.2) is 0 Å². The van der Waals surface area contributed by atoms with E-state index in [0.717, 1.165) is 32.2 Å². The lowest BCUT2D eigenvalue weighted by Gasteiger charge is -2.48. The molecule has 0 unspecified atom stereocenters. The van der Waals surface area contributed by atoms with E-state index in [1.54, 1.807) is 0 Å². The van der Waals surface area contributed by atoms with Crippen LogP contribution in [-0.4, -0.2) is 53.0 Å². The predicted octanol–water partition coefficient (Wildman–Crippen LogP) is 2.97. The average Bonchev–Trinajstić information content (AvgIpc) is 3.02. The number of rotatable bonds is 4. The number of amides is 1. The van der Waals surface area contributed by atoms with Gasteiger partial charge in [-0.15, -0.1) is 24.8 Å². The monoisotopic (exact) mass is 397 g/mol. The van der Waals surface area contributed by atoms with E-state index in [4.69, 9.17) is 5.73 Å². The van der Waals surface area contributed by atoms with Crippen LogP contribution in [0.2, 0.25) is 0 Å². The molecule has 0 atom stereocenters. The molecule has 3 fully saturated rings. The fourth-order valence-electron chi connectivity index (χ4n) is 4.51. The number of nitrogens with two attached hydrogens (primary N) is 1. The number of halogens is 2. The molecule has 0 bridgehead atoms. The van der Waals surface area contributed by atoms with Crippen molar-refractivity contribution in [2.75, 3.05) is 31.1 Å². The Morgan fingerprint density at radius 1 is 0.958 bits per heavy atom. The first kappa shape index (κ1) is 22.4. The average molecular weight is 398 g/mol. The molecule has 1 amide bonds. The summed E-state index contributed by atoms with van der Waals surface area (Å²) in [5, 5.41) is 3.26. The van der Waals surface area contributed by atoms with E-state index in [0.29, 0.717) is 0 Å². The number of hydrogen-bond acceptors (Lipinski definition) is 4. The number of hydrogen-bond donors (Lipinski definition) is 2. The molecule has 24 heavy (non-hydrogen) atoms. The fourth-order valence-corrected chi connectivity index (χ4v) is 5.41. The van der Waals surface area contributed by atoms with Gasteiger partial charge in [-0.3, -0.25) is 9.69 Å². The number of nitrogens with one attached hydrogen (secondary N) is 1. The molecule has 1 heterocycles. The fraction of sp³-hybridized carbons (Fsp3) is 0.941. The summed E-state index contributed by atoms with van der Waals surface area (Å²) in [5.74, 6) is 2.56. The molecule has 2 saturated carbocycles. The first-order valence-electron chi connectivity index (χ1n) is 9.05. The Labute approximate surface area is 163 Å². The summed E-state index contributed by atoms with van der Waals surface area (Å²) in [6, 6.07) is 0. The van der Waals surface area contributed by atoms with Crippen molar-refractivity contribution in [2.24, 2.45) is 5.73 Å². The van der Waals surface area contributed by atoms with Crippen molar-refractivity contribution in [3.05, 3.63) is 0 Å². The number of thioether (sulfide) groups is 1. The molecule has 0 aromatic carbocycles. The van der Waals surface area contributed by atoms with Gasteiger partial charge in [0.15, 0.2) is 0 Å². The Bertz CT molecular complexity index is 393. The maximum Gasteiger partial charge on any atom is 0.240 e. The van der Waals surface area contributed by atoms with Gasteiger partial charge in [-0.25, -0.2) is 0 Å². The van der Waals surface area contributed by atoms with Gasteiger partial charge in [0.25, 0.3) is 0 Å². The van der Waals surface area contributed by atoms with Gasteiger partial charge in [0.1, 0.15) is 0 Å². The molecule has 0 aromatic rings. The van der Waals surface area contributed by atoms with Gasteiger partial charge >= 0.3 is 0 Å². The molecule has 4 nitrogen and oxygen atoms in total. The maximum absolute atomic E-state index is 12.6. The zero-order chi connectivity index (χ0) is 15.5. The van der Waals surface area contributed by atoms with Gasteiger partial charge in [-0.1, -0.05) is 32.1 Å². The van der Waals surface area contributed by atoms with Crippen molar-refractivity contribution >= 4 is 42.5 Å². The molecule has 0 aromatic heterocycles. The van der Waals surface area contributed by atoms with Crippen molar-refractivity contribution in [1.29, 1.82) is 0 Å². The second-order valence-corrected chi connectivity index (χ2v) is 8.66. The van der Waals surface area contributed by atoms with Crippen LogP contribution in [0.25, 0.3) is 0 Å². The Kier molecular flexibility index (Phi) is 9.19. The number of carbonyl (C=O) groups is 1. The van der Waals surface area contributed by atoms with Gasteiger partial charge < -0.3 is 11.1 Å². The Hall–Kier alpha value is 0.320. The second kappa shape index (κ2) is 9.86. The highest BCUT2D eigenvalue weighted by molar-refractivity contribution is 7.99. The molecular formula is C17H33Cl2N3OS. The van der Waals surface area contributed by atoms with Crippen LogP contribution in [0.1, 0.15) is 57.8 Å². The molecule has 1 saturated heterocycles. The SMILES string of the molecule is Cl.Cl.NC1(C(=O)NCC2(N3CCSCC3)CCCCC2)CCCC1. The lowest BCUT2D eigenvalue weighted by molar-refractivity contribution is -0.127. The minimum atomic E-state index is -0.590. The highest BCUT2D eigenvalue weighted by atomic mass is 35.5. The van der Waals surface area contributed by atoms with Gasteiger partial charge in [0.05, 0.1) is 5.54 Å². The third kappa shape index (κ3) is 4.94. The quantitative estimate of drug-likeness (QED) is 0.765. The highest BCUT2D eigenvalue weighted by Gasteiger charge is 2.41. The minimum absolute atomic E-state index is 0. The molecule has 7 heteroatoms. The molecule has 3 aliphatic rings. The molecular weight excluding hydrogens is 365 g/mol. The van der Waals surface area contributed by atoms with Gasteiger partial charge in [0, 0.05) is 36.7 Å². The van der Waals surface area contributed by atoms with Crippen molar-refractivity contribution in [3.8, 4) is 0 Å². The minimum Gasteiger partial charge on any atom is -0.353 e. The van der Waals surface area contributed by atoms with E-state index in [1.807, 2.05) is 0 Å². The van der Waals surface area contributed by atoms with Gasteiger partial charge in [-0.2, -0.15) is 11.8 Å². The smallest absolute Gasteiger partial charge is 0.240 e. The third-order valence-electron chi connectivity index (χ3n) is 5.99.